The second-order valence-corrected chi connectivity index (χ2v) is 3.71. The number of carboxylic acids is 1. The van der Waals surface area contributed by atoms with Crippen LogP contribution in [0.2, 0.25) is 0 Å². The van der Waals surface area contributed by atoms with E-state index in [-0.39, 0.29) is 12.0 Å². The van der Waals surface area contributed by atoms with Crippen LogP contribution < -0.4 is 4.89 Å². The molecule has 0 saturated carbocycles. The number of hydrogen-bond acceptors (Lipinski definition) is 6. The zero-order valence-corrected chi connectivity index (χ0v) is 8.33. The van der Waals surface area contributed by atoms with E-state index in [9.17, 15) is 24.5 Å². The number of carbonyl (C=O) groups is 1. The predicted octanol–water partition coefficient (Wildman–Crippen LogP) is -1.47. The van der Waals surface area contributed by atoms with Gasteiger partial charge in [0.1, 0.15) is 6.10 Å². The van der Waals surface area contributed by atoms with Crippen molar-refractivity contribution < 1.29 is 34.1 Å². The molecule has 0 spiro atoms. The second-order valence-electron chi connectivity index (χ2n) is 3.05. The molecule has 0 aromatic rings. The summed E-state index contributed by atoms with van der Waals surface area (Å²) in [4.78, 5) is 20.8. The maximum absolute atomic E-state index is 10.6. The normalized spacial score (nSPS) is 32.1. The van der Waals surface area contributed by atoms with Crippen LogP contribution in [0.15, 0.2) is 11.6 Å². The lowest BCUT2D eigenvalue weighted by Crippen LogP contribution is -2.41. The van der Waals surface area contributed by atoms with Gasteiger partial charge < -0.3 is 20.2 Å². The Kier molecular flexibility index (Phi) is 3.90. The third kappa shape index (κ3) is 3.05. The van der Waals surface area contributed by atoms with Crippen molar-refractivity contribution in [3.8, 4) is 0 Å². The largest absolute Gasteiger partial charge is 0.566 e. The molecule has 7 nitrogen and oxygen atoms in total. The Morgan fingerprint density at radius 3 is 2.67 bits per heavy atom. The summed E-state index contributed by atoms with van der Waals surface area (Å²) < 4.78 is 14.5. The quantitative estimate of drug-likeness (QED) is 0.510. The van der Waals surface area contributed by atoms with Crippen molar-refractivity contribution in [3.63, 3.8) is 0 Å². The number of aliphatic carboxylic acids is 1. The van der Waals surface area contributed by atoms with Crippen molar-refractivity contribution in [2.24, 2.45) is 0 Å². The fraction of sp³-hybridized carbons (Fsp3) is 0.571. The molecule has 0 aromatic carbocycles. The molecule has 1 aliphatic rings. The summed E-state index contributed by atoms with van der Waals surface area (Å²) in [6, 6.07) is 0. The van der Waals surface area contributed by atoms with Crippen LogP contribution in [0.5, 0.6) is 0 Å². The summed E-state index contributed by atoms with van der Waals surface area (Å²) in [5.74, 6) is -1.28. The van der Waals surface area contributed by atoms with Gasteiger partial charge in [0.25, 0.3) is 0 Å². The van der Waals surface area contributed by atoms with Crippen molar-refractivity contribution in [1.82, 2.24) is 0 Å². The number of hydrogen-bond donors (Lipinski definition) is 3. The highest BCUT2D eigenvalue weighted by Crippen LogP contribution is 2.26. The molecule has 1 rings (SSSR count). The van der Waals surface area contributed by atoms with E-state index in [4.69, 9.17) is 5.11 Å². The Balaban J connectivity index is 2.86. The second kappa shape index (κ2) is 4.78. The molecule has 1 aliphatic carbocycles. The highest BCUT2D eigenvalue weighted by Gasteiger charge is 2.36. The minimum absolute atomic E-state index is 0.186. The van der Waals surface area contributed by atoms with Crippen LogP contribution in [0.3, 0.4) is 0 Å². The zero-order chi connectivity index (χ0) is 11.6. The summed E-state index contributed by atoms with van der Waals surface area (Å²) in [6.45, 7) is 0. The molecule has 0 saturated heterocycles. The summed E-state index contributed by atoms with van der Waals surface area (Å²) >= 11 is 0. The maximum atomic E-state index is 10.6. The van der Waals surface area contributed by atoms with E-state index in [2.05, 4.69) is 4.52 Å². The predicted molar refractivity (Wildman–Crippen MR) is 44.8 cm³/mol. The topological polar surface area (TPSA) is 127 Å². The molecule has 0 amide bonds. The molecule has 8 heteroatoms. The Morgan fingerprint density at radius 1 is 1.60 bits per heavy atom. The third-order valence-electron chi connectivity index (χ3n) is 2.01. The lowest BCUT2D eigenvalue weighted by Gasteiger charge is -2.26. The van der Waals surface area contributed by atoms with Gasteiger partial charge in [-0.2, -0.15) is 0 Å². The summed E-state index contributed by atoms with van der Waals surface area (Å²) in [7, 11) is -3.22. The van der Waals surface area contributed by atoms with Gasteiger partial charge in [0.2, 0.25) is 0 Å². The lowest BCUT2D eigenvalue weighted by atomic mass is 9.92. The van der Waals surface area contributed by atoms with E-state index in [1.165, 1.54) is 0 Å². The molecule has 4 atom stereocenters. The van der Waals surface area contributed by atoms with Crippen LogP contribution in [-0.2, 0) is 13.9 Å². The molecule has 0 bridgehead atoms. The van der Waals surface area contributed by atoms with Gasteiger partial charge in [0.15, 0.2) is 6.10 Å². The number of carboxylic acid groups (broad SMARTS) is 1. The minimum atomic E-state index is -3.22. The highest BCUT2D eigenvalue weighted by molar-refractivity contribution is 7.30. The fourth-order valence-electron chi connectivity index (χ4n) is 1.28. The highest BCUT2D eigenvalue weighted by atomic mass is 31.1. The van der Waals surface area contributed by atoms with Crippen LogP contribution >= 0.6 is 8.25 Å². The van der Waals surface area contributed by atoms with E-state index >= 15 is 0 Å². The third-order valence-corrected chi connectivity index (χ3v) is 2.42. The SMILES string of the molecule is O=C(O)C1=CC(O[P+](=O)[O-])C(O)C(O)C1. The first-order chi connectivity index (χ1) is 6.91. The van der Waals surface area contributed by atoms with Gasteiger partial charge in [0.05, 0.1) is 6.10 Å². The van der Waals surface area contributed by atoms with Crippen LogP contribution in [0, 0.1) is 0 Å². The average Bonchev–Trinajstić information content (AvgIpc) is 2.11. The average molecular weight is 236 g/mol. The van der Waals surface area contributed by atoms with E-state index in [1.54, 1.807) is 0 Å². The Morgan fingerprint density at radius 2 is 2.20 bits per heavy atom. The van der Waals surface area contributed by atoms with Crippen LogP contribution in [0.1, 0.15) is 6.42 Å². The van der Waals surface area contributed by atoms with E-state index in [0.717, 1.165) is 6.08 Å². The smallest absolute Gasteiger partial charge is 0.489 e. The summed E-state index contributed by atoms with van der Waals surface area (Å²) in [5.41, 5.74) is -0.186. The lowest BCUT2D eigenvalue weighted by molar-refractivity contribution is -0.193. The molecular weight excluding hydrogens is 227 g/mol. The number of rotatable bonds is 3. The summed E-state index contributed by atoms with van der Waals surface area (Å²) in [6.07, 6.45) is -3.40. The molecule has 4 unspecified atom stereocenters. The molecule has 0 fully saturated rings. The molecule has 0 heterocycles. The fourth-order valence-corrected chi connectivity index (χ4v) is 1.67. The molecule has 3 N–H and O–H groups in total. The van der Waals surface area contributed by atoms with Crippen molar-refractivity contribution in [2.45, 2.75) is 24.7 Å². The van der Waals surface area contributed by atoms with Gasteiger partial charge >= 0.3 is 14.2 Å². The van der Waals surface area contributed by atoms with Gasteiger partial charge in [-0.25, -0.2) is 4.79 Å². The van der Waals surface area contributed by atoms with Crippen LogP contribution in [-0.4, -0.2) is 39.6 Å². The van der Waals surface area contributed by atoms with Gasteiger partial charge in [-0.05, 0) is 10.6 Å². The Hall–Kier alpha value is -0.850. The van der Waals surface area contributed by atoms with E-state index in [1.807, 2.05) is 0 Å². The van der Waals surface area contributed by atoms with Crippen molar-refractivity contribution in [3.05, 3.63) is 11.6 Å². The van der Waals surface area contributed by atoms with Crippen molar-refractivity contribution in [2.75, 3.05) is 0 Å². The number of aliphatic hydroxyl groups excluding tert-OH is 2. The number of aliphatic hydroxyl groups is 2. The Labute approximate surface area is 85.6 Å². The standard InChI is InChI=1S/C7H9O7P/c8-4-1-3(7(10)11)2-5(6(4)9)14-15(12)13/h2,4-6,8-9H,1H2,(H,10,11). The maximum Gasteiger partial charge on any atom is 0.489 e. The molecule has 0 aromatic heterocycles. The molecule has 84 valence electrons. The van der Waals surface area contributed by atoms with Crippen LogP contribution in [0.25, 0.3) is 0 Å². The first-order valence-electron chi connectivity index (χ1n) is 4.03. The minimum Gasteiger partial charge on any atom is -0.566 e. The van der Waals surface area contributed by atoms with Crippen LogP contribution in [0.4, 0.5) is 0 Å². The van der Waals surface area contributed by atoms with Gasteiger partial charge in [-0.15, -0.1) is 4.52 Å². The van der Waals surface area contributed by atoms with Gasteiger partial charge in [0, 0.05) is 12.0 Å². The van der Waals surface area contributed by atoms with E-state index in [0.29, 0.717) is 0 Å². The molecule has 15 heavy (non-hydrogen) atoms. The first-order valence-corrected chi connectivity index (χ1v) is 5.12. The summed E-state index contributed by atoms with van der Waals surface area (Å²) in [5, 5.41) is 27.2. The van der Waals surface area contributed by atoms with Crippen molar-refractivity contribution >= 4 is 14.2 Å². The Bertz CT molecular complexity index is 312. The monoisotopic (exact) mass is 236 g/mol. The molecular formula is C7H9O7P. The van der Waals surface area contributed by atoms with Gasteiger partial charge in [-0.1, -0.05) is 0 Å². The van der Waals surface area contributed by atoms with Crippen molar-refractivity contribution in [1.29, 1.82) is 0 Å². The first kappa shape index (κ1) is 12.2. The van der Waals surface area contributed by atoms with Gasteiger partial charge in [-0.3, -0.25) is 0 Å². The zero-order valence-electron chi connectivity index (χ0n) is 7.44. The molecule has 0 radical (unpaired) electrons. The molecule has 0 aliphatic heterocycles. The van der Waals surface area contributed by atoms with E-state index < -0.39 is 32.5 Å².